The molecule has 1 heterocycles. The molecule has 0 atom stereocenters. The molecule has 8 heteroatoms. The minimum absolute atomic E-state index is 0.00734. The molecule has 1 saturated heterocycles. The fraction of sp³-hybridized carbons (Fsp3) is 0.176. The van der Waals surface area contributed by atoms with Gasteiger partial charge in [0, 0.05) is 20.6 Å². The molecule has 1 N–H and O–H groups in total. The molecule has 1 aliphatic rings. The first kappa shape index (κ1) is 18.8. The van der Waals surface area contributed by atoms with Crippen LogP contribution in [0.5, 0.6) is 5.75 Å². The van der Waals surface area contributed by atoms with Crippen molar-refractivity contribution in [3.8, 4) is 5.75 Å². The average Bonchev–Trinajstić information content (AvgIpc) is 2.56. The number of carbonyl (C=O) groups excluding carboxylic acids is 2. The largest absolute Gasteiger partial charge is 0.432 e. The Morgan fingerprint density at radius 1 is 1.32 bits per heavy atom. The first-order valence-electron chi connectivity index (χ1n) is 7.32. The van der Waals surface area contributed by atoms with Crippen molar-refractivity contribution >= 4 is 52.6 Å². The lowest BCUT2D eigenvalue weighted by Crippen LogP contribution is -2.53. The molecule has 0 saturated carbocycles. The van der Waals surface area contributed by atoms with Gasteiger partial charge in [-0.25, -0.2) is 0 Å². The van der Waals surface area contributed by atoms with Gasteiger partial charge in [0.05, 0.1) is 0 Å². The summed E-state index contributed by atoms with van der Waals surface area (Å²) in [6.07, 6.45) is 3.04. The van der Waals surface area contributed by atoms with Crippen LogP contribution in [0.15, 0.2) is 42.5 Å². The summed E-state index contributed by atoms with van der Waals surface area (Å²) in [7, 11) is 3.57. The molecule has 0 aromatic heterocycles. The van der Waals surface area contributed by atoms with Crippen molar-refractivity contribution < 1.29 is 14.3 Å². The van der Waals surface area contributed by atoms with Crippen molar-refractivity contribution in [2.45, 2.75) is 0 Å². The average molecular weight is 375 g/mol. The molecule has 6 nitrogen and oxygen atoms in total. The zero-order valence-corrected chi connectivity index (χ0v) is 15.4. The van der Waals surface area contributed by atoms with Crippen molar-refractivity contribution in [3.05, 3.63) is 48.1 Å². The predicted molar refractivity (Wildman–Crippen MR) is 104 cm³/mol. The molecule has 1 aliphatic heterocycles. The van der Waals surface area contributed by atoms with Crippen molar-refractivity contribution in [2.75, 3.05) is 20.6 Å². The molecule has 1 aromatic carbocycles. The van der Waals surface area contributed by atoms with Gasteiger partial charge in [-0.1, -0.05) is 18.2 Å². The van der Waals surface area contributed by atoms with Gasteiger partial charge in [-0.2, -0.15) is 0 Å². The third-order valence-corrected chi connectivity index (χ3v) is 4.03. The SMILES string of the molecule is C=CCN1C(=O)C(=Cc2ccc(OC(=S)N(C)C)cc2)C(=O)NC1=S. The van der Waals surface area contributed by atoms with Gasteiger partial charge < -0.3 is 9.64 Å². The Balaban J connectivity index is 2.22. The number of benzene rings is 1. The molecule has 2 amide bonds. The Bertz CT molecular complexity index is 770. The molecule has 130 valence electrons. The number of nitrogens with one attached hydrogen (secondary N) is 1. The number of hydrogen-bond acceptors (Lipinski definition) is 5. The Kier molecular flexibility index (Phi) is 6.00. The van der Waals surface area contributed by atoms with Crippen LogP contribution in [0, 0.1) is 0 Å². The van der Waals surface area contributed by atoms with Gasteiger partial charge in [0.15, 0.2) is 5.11 Å². The van der Waals surface area contributed by atoms with E-state index in [-0.39, 0.29) is 17.2 Å². The van der Waals surface area contributed by atoms with Crippen LogP contribution < -0.4 is 10.1 Å². The van der Waals surface area contributed by atoms with E-state index in [1.165, 1.54) is 11.0 Å². The topological polar surface area (TPSA) is 61.9 Å². The first-order chi connectivity index (χ1) is 11.8. The number of thiocarbonyl (C=S) groups is 2. The minimum atomic E-state index is -0.524. The van der Waals surface area contributed by atoms with Gasteiger partial charge in [0.1, 0.15) is 11.3 Å². The lowest BCUT2D eigenvalue weighted by Gasteiger charge is -2.27. The van der Waals surface area contributed by atoms with Crippen LogP contribution in [0.4, 0.5) is 0 Å². The van der Waals surface area contributed by atoms with E-state index in [1.54, 1.807) is 49.3 Å². The van der Waals surface area contributed by atoms with Crippen LogP contribution in [0.1, 0.15) is 5.56 Å². The summed E-state index contributed by atoms with van der Waals surface area (Å²) in [5.41, 5.74) is 0.681. The molecule has 0 bridgehead atoms. The van der Waals surface area contributed by atoms with E-state index in [2.05, 4.69) is 11.9 Å². The normalized spacial score (nSPS) is 15.8. The van der Waals surface area contributed by atoms with E-state index < -0.39 is 11.8 Å². The molecule has 0 aliphatic carbocycles. The third kappa shape index (κ3) is 4.49. The maximum atomic E-state index is 12.4. The maximum absolute atomic E-state index is 12.4. The first-order valence-corrected chi connectivity index (χ1v) is 8.14. The summed E-state index contributed by atoms with van der Waals surface area (Å²) in [5.74, 6) is -0.415. The van der Waals surface area contributed by atoms with Crippen LogP contribution in [-0.2, 0) is 9.59 Å². The number of amides is 2. The molecule has 1 aromatic rings. The van der Waals surface area contributed by atoms with Crippen LogP contribution >= 0.6 is 24.4 Å². The maximum Gasteiger partial charge on any atom is 0.265 e. The predicted octanol–water partition coefficient (Wildman–Crippen LogP) is 1.72. The van der Waals surface area contributed by atoms with Crippen LogP contribution in [0.3, 0.4) is 0 Å². The number of nitrogens with zero attached hydrogens (tertiary/aromatic N) is 2. The highest BCUT2D eigenvalue weighted by molar-refractivity contribution is 7.80. The van der Waals surface area contributed by atoms with E-state index >= 15 is 0 Å². The summed E-state index contributed by atoms with van der Waals surface area (Å²) < 4.78 is 5.48. The second kappa shape index (κ2) is 8.00. The van der Waals surface area contributed by atoms with Gasteiger partial charge in [-0.15, -0.1) is 6.58 Å². The molecule has 1 fully saturated rings. The van der Waals surface area contributed by atoms with E-state index in [1.807, 2.05) is 0 Å². The van der Waals surface area contributed by atoms with E-state index in [9.17, 15) is 9.59 Å². The molecule has 0 unspecified atom stereocenters. The second-order valence-corrected chi connectivity index (χ2v) is 6.09. The lowest BCUT2D eigenvalue weighted by atomic mass is 10.1. The van der Waals surface area contributed by atoms with Gasteiger partial charge in [-0.05, 0) is 48.2 Å². The standard InChI is InChI=1S/C17H17N3O3S2/c1-4-9-20-15(22)13(14(21)18-16(20)24)10-11-5-7-12(8-6-11)23-17(25)19(2)3/h4-8,10H,1,9H2,2-3H3,(H,18,21,24). The quantitative estimate of drug-likeness (QED) is 0.374. The molecule has 0 spiro atoms. The Hall–Kier alpha value is -2.58. The third-order valence-electron chi connectivity index (χ3n) is 3.26. The van der Waals surface area contributed by atoms with E-state index in [0.29, 0.717) is 16.5 Å². The number of rotatable bonds is 4. The van der Waals surface area contributed by atoms with Crippen molar-refractivity contribution in [3.63, 3.8) is 0 Å². The zero-order chi connectivity index (χ0) is 18.6. The minimum Gasteiger partial charge on any atom is -0.432 e. The summed E-state index contributed by atoms with van der Waals surface area (Å²) in [6, 6.07) is 6.87. The Morgan fingerprint density at radius 3 is 2.52 bits per heavy atom. The molecular weight excluding hydrogens is 358 g/mol. The van der Waals surface area contributed by atoms with E-state index in [0.717, 1.165) is 0 Å². The van der Waals surface area contributed by atoms with Crippen LogP contribution in [0.2, 0.25) is 0 Å². The van der Waals surface area contributed by atoms with Gasteiger partial charge in [-0.3, -0.25) is 19.8 Å². The highest BCUT2D eigenvalue weighted by atomic mass is 32.1. The van der Waals surface area contributed by atoms with Gasteiger partial charge >= 0.3 is 0 Å². The smallest absolute Gasteiger partial charge is 0.265 e. The lowest BCUT2D eigenvalue weighted by molar-refractivity contribution is -0.128. The Labute approximate surface area is 156 Å². The number of ether oxygens (including phenoxy) is 1. The molecule has 2 rings (SSSR count). The van der Waals surface area contributed by atoms with Crippen LogP contribution in [0.25, 0.3) is 6.08 Å². The summed E-state index contributed by atoms with van der Waals surface area (Å²) in [6.45, 7) is 3.81. The zero-order valence-electron chi connectivity index (χ0n) is 13.8. The van der Waals surface area contributed by atoms with Crippen molar-refractivity contribution in [1.29, 1.82) is 0 Å². The molecular formula is C17H17N3O3S2. The molecule has 25 heavy (non-hydrogen) atoms. The highest BCUT2D eigenvalue weighted by Crippen LogP contribution is 2.18. The summed E-state index contributed by atoms with van der Waals surface area (Å²) in [5, 5.41) is 2.91. The van der Waals surface area contributed by atoms with Gasteiger partial charge in [0.25, 0.3) is 17.0 Å². The fourth-order valence-corrected chi connectivity index (χ4v) is 2.33. The highest BCUT2D eigenvalue weighted by Gasteiger charge is 2.32. The van der Waals surface area contributed by atoms with Crippen molar-refractivity contribution in [2.24, 2.45) is 0 Å². The molecule has 0 radical (unpaired) electrons. The summed E-state index contributed by atoms with van der Waals surface area (Å²) >= 11 is 10.1. The van der Waals surface area contributed by atoms with Crippen molar-refractivity contribution in [1.82, 2.24) is 15.1 Å². The van der Waals surface area contributed by atoms with E-state index in [4.69, 9.17) is 29.2 Å². The fourth-order valence-electron chi connectivity index (χ4n) is 1.98. The Morgan fingerprint density at radius 2 is 1.96 bits per heavy atom. The number of hydrogen-bond donors (Lipinski definition) is 1. The monoisotopic (exact) mass is 375 g/mol. The number of carbonyl (C=O) groups is 2. The second-order valence-electron chi connectivity index (χ2n) is 5.35. The summed E-state index contributed by atoms with van der Waals surface area (Å²) in [4.78, 5) is 27.5. The van der Waals surface area contributed by atoms with Crippen LogP contribution in [-0.4, -0.2) is 52.5 Å². The van der Waals surface area contributed by atoms with Gasteiger partial charge in [0.2, 0.25) is 0 Å².